The third-order valence-electron chi connectivity index (χ3n) is 7.10. The summed E-state index contributed by atoms with van der Waals surface area (Å²) in [7, 11) is 1.60. The molecule has 1 aliphatic carbocycles. The molecule has 1 aromatic heterocycles. The van der Waals surface area contributed by atoms with Crippen LogP contribution in [0.3, 0.4) is 0 Å². The minimum atomic E-state index is -0.643. The second kappa shape index (κ2) is 11.7. The molecule has 1 saturated carbocycles. The molecule has 4 rings (SSSR count). The van der Waals surface area contributed by atoms with Crippen LogP contribution < -0.4 is 21.7 Å². The van der Waals surface area contributed by atoms with E-state index >= 15 is 0 Å². The Morgan fingerprint density at radius 2 is 1.83 bits per heavy atom. The lowest BCUT2D eigenvalue weighted by molar-refractivity contribution is 0.00790. The summed E-state index contributed by atoms with van der Waals surface area (Å²) in [6, 6.07) is 6.26. The number of aromatic nitrogens is 2. The second-order valence-corrected chi connectivity index (χ2v) is 9.47. The fraction of sp³-hybridized carbons (Fsp3) is 0.538. The molecule has 2 aliphatic rings. The topological polar surface area (TPSA) is 134 Å². The van der Waals surface area contributed by atoms with Gasteiger partial charge in [-0.05, 0) is 62.8 Å². The molecule has 2 fully saturated rings. The van der Waals surface area contributed by atoms with Gasteiger partial charge in [-0.1, -0.05) is 6.92 Å². The number of nitrogens with two attached hydrogens (primary N) is 1. The monoisotopic (exact) mass is 495 g/mol. The maximum Gasteiger partial charge on any atom is 0.271 e. The van der Waals surface area contributed by atoms with Crippen LogP contribution in [0.5, 0.6) is 0 Å². The highest BCUT2D eigenvalue weighted by Crippen LogP contribution is 2.29. The molecular weight excluding hydrogens is 458 g/mol. The lowest BCUT2D eigenvalue weighted by Gasteiger charge is -2.39. The molecule has 10 heteroatoms. The van der Waals surface area contributed by atoms with Gasteiger partial charge >= 0.3 is 0 Å². The van der Waals surface area contributed by atoms with Crippen molar-refractivity contribution < 1.29 is 14.3 Å². The van der Waals surface area contributed by atoms with Crippen LogP contribution in [0, 0.1) is 6.92 Å². The number of rotatable bonds is 8. The van der Waals surface area contributed by atoms with Crippen molar-refractivity contribution in [3.8, 4) is 0 Å². The summed E-state index contributed by atoms with van der Waals surface area (Å²) in [6.07, 6.45) is 4.99. The molecule has 0 bridgehead atoms. The number of ether oxygens (including phenoxy) is 1. The summed E-state index contributed by atoms with van der Waals surface area (Å²) >= 11 is 0. The zero-order chi connectivity index (χ0) is 25.7. The highest BCUT2D eigenvalue weighted by atomic mass is 16.5. The first-order valence-electron chi connectivity index (χ1n) is 12.8. The number of nitrogens with zero attached hydrogens (tertiary/aromatic N) is 3. The van der Waals surface area contributed by atoms with Crippen LogP contribution in [0.4, 0.5) is 17.3 Å². The number of primary amides is 1. The zero-order valence-electron chi connectivity index (χ0n) is 21.4. The van der Waals surface area contributed by atoms with E-state index in [4.69, 9.17) is 15.5 Å². The van der Waals surface area contributed by atoms with Gasteiger partial charge in [0.1, 0.15) is 5.82 Å². The summed E-state index contributed by atoms with van der Waals surface area (Å²) < 4.78 is 5.50. The summed E-state index contributed by atoms with van der Waals surface area (Å²) in [6.45, 7) is 7.52. The van der Waals surface area contributed by atoms with Crippen molar-refractivity contribution in [2.75, 3.05) is 44.0 Å². The van der Waals surface area contributed by atoms with Gasteiger partial charge in [0.15, 0.2) is 11.5 Å². The van der Waals surface area contributed by atoms with E-state index in [1.165, 1.54) is 0 Å². The number of hydrogen-bond donors (Lipinski definition) is 4. The molecule has 0 radical (unpaired) electrons. The molecule has 10 nitrogen and oxygen atoms in total. The summed E-state index contributed by atoms with van der Waals surface area (Å²) in [5, 5.41) is 9.43. The lowest BCUT2D eigenvalue weighted by atomic mass is 9.90. The quantitative estimate of drug-likeness (QED) is 0.439. The van der Waals surface area contributed by atoms with E-state index in [1.54, 1.807) is 19.2 Å². The maximum atomic E-state index is 12.2. The number of carbonyl (C=O) groups excluding carboxylic acids is 2. The Morgan fingerprint density at radius 1 is 1.11 bits per heavy atom. The van der Waals surface area contributed by atoms with Gasteiger partial charge < -0.3 is 26.4 Å². The third kappa shape index (κ3) is 5.93. The minimum Gasteiger partial charge on any atom is -0.379 e. The van der Waals surface area contributed by atoms with Gasteiger partial charge in [0.25, 0.3) is 11.8 Å². The van der Waals surface area contributed by atoms with Gasteiger partial charge in [-0.25, -0.2) is 9.97 Å². The number of carbonyl (C=O) groups is 2. The first-order chi connectivity index (χ1) is 17.4. The van der Waals surface area contributed by atoms with Crippen LogP contribution in [0.25, 0.3) is 0 Å². The molecule has 1 aliphatic heterocycles. The van der Waals surface area contributed by atoms with E-state index in [1.807, 2.05) is 19.9 Å². The van der Waals surface area contributed by atoms with Crippen LogP contribution in [0.15, 0.2) is 18.2 Å². The van der Waals surface area contributed by atoms with Crippen LogP contribution >= 0.6 is 0 Å². The van der Waals surface area contributed by atoms with Gasteiger partial charge in [-0.3, -0.25) is 14.5 Å². The maximum absolute atomic E-state index is 12.2. The Bertz CT molecular complexity index is 1090. The fourth-order valence-corrected chi connectivity index (χ4v) is 5.08. The van der Waals surface area contributed by atoms with E-state index < -0.39 is 5.91 Å². The average molecular weight is 496 g/mol. The Balaban J connectivity index is 1.51. The molecule has 36 heavy (non-hydrogen) atoms. The zero-order valence-corrected chi connectivity index (χ0v) is 21.4. The van der Waals surface area contributed by atoms with E-state index in [0.29, 0.717) is 41.4 Å². The van der Waals surface area contributed by atoms with Crippen molar-refractivity contribution in [1.29, 1.82) is 0 Å². The molecule has 2 amide bonds. The number of morpholine rings is 1. The largest absolute Gasteiger partial charge is 0.379 e. The minimum absolute atomic E-state index is 0.0986. The van der Waals surface area contributed by atoms with E-state index in [0.717, 1.165) is 63.2 Å². The molecule has 2 aromatic rings. The highest BCUT2D eigenvalue weighted by Gasteiger charge is 2.28. The number of hydrogen-bond acceptors (Lipinski definition) is 8. The van der Waals surface area contributed by atoms with Crippen molar-refractivity contribution in [2.45, 2.75) is 58.0 Å². The summed E-state index contributed by atoms with van der Waals surface area (Å²) in [5.41, 5.74) is 8.55. The lowest BCUT2D eigenvalue weighted by Crippen LogP contribution is -2.46. The Kier molecular flexibility index (Phi) is 8.37. The third-order valence-corrected chi connectivity index (χ3v) is 7.10. The number of benzene rings is 1. The molecule has 1 saturated heterocycles. The van der Waals surface area contributed by atoms with Gasteiger partial charge in [-0.2, -0.15) is 0 Å². The van der Waals surface area contributed by atoms with Crippen LogP contribution in [0.2, 0.25) is 0 Å². The Labute approximate surface area is 212 Å². The van der Waals surface area contributed by atoms with Crippen molar-refractivity contribution in [3.63, 3.8) is 0 Å². The molecule has 1 aromatic carbocycles. The van der Waals surface area contributed by atoms with Crippen LogP contribution in [0.1, 0.15) is 64.7 Å². The molecule has 194 valence electrons. The van der Waals surface area contributed by atoms with Crippen molar-refractivity contribution in [2.24, 2.45) is 5.73 Å². The van der Waals surface area contributed by atoms with Crippen LogP contribution in [-0.4, -0.2) is 72.1 Å². The SMILES string of the molecule is CCc1nc(C(N)=O)c(Nc2ccc(C(=O)NC)c(C)c2)nc1NC1CCC(N2CCOCC2)CC1. The van der Waals surface area contributed by atoms with E-state index in [9.17, 15) is 9.59 Å². The Hall–Kier alpha value is -3.24. The highest BCUT2D eigenvalue weighted by molar-refractivity contribution is 5.97. The van der Waals surface area contributed by atoms with Gasteiger partial charge in [0, 0.05) is 43.5 Å². The van der Waals surface area contributed by atoms with Gasteiger partial charge in [-0.15, -0.1) is 0 Å². The molecular formula is C26H37N7O3. The molecule has 0 unspecified atom stereocenters. The Morgan fingerprint density at radius 3 is 2.44 bits per heavy atom. The predicted octanol–water partition coefficient (Wildman–Crippen LogP) is 2.60. The first-order valence-corrected chi connectivity index (χ1v) is 12.8. The fourth-order valence-electron chi connectivity index (χ4n) is 5.08. The molecule has 5 N–H and O–H groups in total. The van der Waals surface area contributed by atoms with E-state index in [2.05, 4.69) is 25.8 Å². The smallest absolute Gasteiger partial charge is 0.271 e. The predicted molar refractivity (Wildman–Crippen MR) is 140 cm³/mol. The number of anilines is 3. The second-order valence-electron chi connectivity index (χ2n) is 9.47. The molecule has 0 spiro atoms. The first kappa shape index (κ1) is 25.8. The summed E-state index contributed by atoms with van der Waals surface area (Å²) in [4.78, 5) is 36.1. The normalized spacial score (nSPS) is 20.5. The van der Waals surface area contributed by atoms with E-state index in [-0.39, 0.29) is 11.6 Å². The van der Waals surface area contributed by atoms with Gasteiger partial charge in [0.05, 0.1) is 18.9 Å². The summed E-state index contributed by atoms with van der Waals surface area (Å²) in [5.74, 6) is 0.185. The number of aryl methyl sites for hydroxylation is 2. The van der Waals surface area contributed by atoms with Crippen molar-refractivity contribution in [1.82, 2.24) is 20.2 Å². The number of nitrogens with one attached hydrogen (secondary N) is 3. The standard InChI is InChI=1S/C26H37N7O3/c1-4-21-24(29-17-5-8-19(9-6-17)33-11-13-36-14-12-33)32-25(22(31-21)23(27)34)30-18-7-10-20(16(2)15-18)26(35)28-3/h7,10,15,17,19H,4-6,8-9,11-14H2,1-3H3,(H2,27,34)(H,28,35)(H2,29,30,32). The van der Waals surface area contributed by atoms with Crippen LogP contribution in [-0.2, 0) is 11.2 Å². The van der Waals surface area contributed by atoms with Gasteiger partial charge in [0.2, 0.25) is 0 Å². The average Bonchev–Trinajstić information content (AvgIpc) is 2.89. The van der Waals surface area contributed by atoms with Crippen molar-refractivity contribution in [3.05, 3.63) is 40.7 Å². The van der Waals surface area contributed by atoms with Crippen molar-refractivity contribution >= 4 is 29.1 Å². The molecule has 0 atom stereocenters. The number of amides is 2. The molecule has 2 heterocycles.